The van der Waals surface area contributed by atoms with Crippen molar-refractivity contribution in [3.63, 3.8) is 0 Å². The Morgan fingerprint density at radius 1 is 1.38 bits per heavy atom. The summed E-state index contributed by atoms with van der Waals surface area (Å²) in [6.07, 6.45) is 1.23. The molecule has 132 valence electrons. The summed E-state index contributed by atoms with van der Waals surface area (Å²) < 4.78 is 24.5. The number of halogens is 1. The van der Waals surface area contributed by atoms with Crippen LogP contribution < -0.4 is 4.74 Å². The van der Waals surface area contributed by atoms with Crippen molar-refractivity contribution in [3.8, 4) is 5.75 Å². The highest BCUT2D eigenvalue weighted by molar-refractivity contribution is 5.80. The highest BCUT2D eigenvalue weighted by Gasteiger charge is 2.38. The van der Waals surface area contributed by atoms with Gasteiger partial charge in [-0.15, -0.1) is 0 Å². The molecule has 0 saturated carbocycles. The molecule has 6 nitrogen and oxygen atoms in total. The zero-order valence-electron chi connectivity index (χ0n) is 13.7. The standard InChI is InChI=1S/C17H22FNO5/c1-23-17(12-24-14-5-2-4-13(18)10-14)8-3-9-19(11-17)15(20)6-7-16(21)22/h2,4-5,10H,3,6-9,11-12H2,1H3,(H,21,22). The average Bonchev–Trinajstić information content (AvgIpc) is 2.58. The van der Waals surface area contributed by atoms with Gasteiger partial charge in [0, 0.05) is 26.1 Å². The number of carboxylic acids is 1. The van der Waals surface area contributed by atoms with Crippen LogP contribution in [-0.2, 0) is 14.3 Å². The third kappa shape index (κ3) is 4.92. The zero-order chi connectivity index (χ0) is 17.6. The van der Waals surface area contributed by atoms with Crippen molar-refractivity contribution in [1.29, 1.82) is 0 Å². The molecule has 1 unspecified atom stereocenters. The minimum absolute atomic E-state index is 0.0279. The Bertz CT molecular complexity index is 594. The molecule has 1 aromatic carbocycles. The number of methoxy groups -OCH3 is 1. The number of likely N-dealkylation sites (tertiary alicyclic amines) is 1. The molecule has 1 saturated heterocycles. The Labute approximate surface area is 140 Å². The molecule has 0 aromatic heterocycles. The SMILES string of the molecule is COC1(COc2cccc(F)c2)CCCN(C(=O)CCC(=O)O)C1. The van der Waals surface area contributed by atoms with Crippen LogP contribution in [0.5, 0.6) is 5.75 Å². The maximum absolute atomic E-state index is 13.2. The molecular formula is C17H22FNO5. The first-order valence-electron chi connectivity index (χ1n) is 7.87. The van der Waals surface area contributed by atoms with Gasteiger partial charge in [-0.25, -0.2) is 4.39 Å². The number of benzene rings is 1. The molecule has 24 heavy (non-hydrogen) atoms. The first kappa shape index (κ1) is 18.2. The molecule has 1 amide bonds. The molecular weight excluding hydrogens is 317 g/mol. The predicted molar refractivity (Wildman–Crippen MR) is 84.3 cm³/mol. The number of hydrogen-bond acceptors (Lipinski definition) is 4. The molecule has 2 rings (SSSR count). The highest BCUT2D eigenvalue weighted by atomic mass is 19.1. The lowest BCUT2D eigenvalue weighted by molar-refractivity contribution is -0.146. The van der Waals surface area contributed by atoms with Crippen LogP contribution in [0.2, 0.25) is 0 Å². The van der Waals surface area contributed by atoms with E-state index in [1.165, 1.54) is 12.1 Å². The van der Waals surface area contributed by atoms with E-state index in [9.17, 15) is 14.0 Å². The number of rotatable bonds is 7. The molecule has 1 atom stereocenters. The van der Waals surface area contributed by atoms with Gasteiger partial charge < -0.3 is 19.5 Å². The maximum Gasteiger partial charge on any atom is 0.303 e. The van der Waals surface area contributed by atoms with Gasteiger partial charge in [0.2, 0.25) is 5.91 Å². The van der Waals surface area contributed by atoms with Crippen LogP contribution in [0, 0.1) is 5.82 Å². The van der Waals surface area contributed by atoms with Gasteiger partial charge in [0.25, 0.3) is 0 Å². The van der Waals surface area contributed by atoms with Crippen molar-refractivity contribution in [3.05, 3.63) is 30.1 Å². The van der Waals surface area contributed by atoms with Crippen LogP contribution >= 0.6 is 0 Å². The quantitative estimate of drug-likeness (QED) is 0.823. The fourth-order valence-electron chi connectivity index (χ4n) is 2.80. The van der Waals surface area contributed by atoms with Crippen LogP contribution in [0.1, 0.15) is 25.7 Å². The Hall–Kier alpha value is -2.15. The van der Waals surface area contributed by atoms with E-state index in [-0.39, 0.29) is 31.2 Å². The molecule has 1 aliphatic heterocycles. The number of piperidine rings is 1. The maximum atomic E-state index is 13.2. The van der Waals surface area contributed by atoms with Crippen LogP contribution in [0.15, 0.2) is 24.3 Å². The van der Waals surface area contributed by atoms with Crippen molar-refractivity contribution >= 4 is 11.9 Å². The lowest BCUT2D eigenvalue weighted by Gasteiger charge is -2.41. The van der Waals surface area contributed by atoms with E-state index >= 15 is 0 Å². The first-order valence-corrected chi connectivity index (χ1v) is 7.87. The van der Waals surface area contributed by atoms with Gasteiger partial charge in [-0.3, -0.25) is 9.59 Å². The largest absolute Gasteiger partial charge is 0.490 e. The summed E-state index contributed by atoms with van der Waals surface area (Å²) >= 11 is 0. The number of carbonyl (C=O) groups excluding carboxylic acids is 1. The van der Waals surface area contributed by atoms with E-state index < -0.39 is 11.6 Å². The second-order valence-corrected chi connectivity index (χ2v) is 5.95. The normalized spacial score (nSPS) is 20.7. The average molecular weight is 339 g/mol. The molecule has 7 heteroatoms. The highest BCUT2D eigenvalue weighted by Crippen LogP contribution is 2.27. The summed E-state index contributed by atoms with van der Waals surface area (Å²) in [5.41, 5.74) is -0.677. The van der Waals surface area contributed by atoms with Crippen LogP contribution in [0.4, 0.5) is 4.39 Å². The molecule has 1 aromatic rings. The topological polar surface area (TPSA) is 76.1 Å². The summed E-state index contributed by atoms with van der Waals surface area (Å²) in [6, 6.07) is 5.85. The number of nitrogens with zero attached hydrogens (tertiary/aromatic N) is 1. The van der Waals surface area contributed by atoms with E-state index in [0.29, 0.717) is 25.3 Å². The Balaban J connectivity index is 1.97. The Morgan fingerprint density at radius 3 is 2.83 bits per heavy atom. The van der Waals surface area contributed by atoms with Gasteiger partial charge in [-0.05, 0) is 25.0 Å². The van der Waals surface area contributed by atoms with Crippen molar-refractivity contribution < 1.29 is 28.6 Å². The monoisotopic (exact) mass is 339 g/mol. The van der Waals surface area contributed by atoms with Gasteiger partial charge in [-0.1, -0.05) is 6.07 Å². The first-order chi connectivity index (χ1) is 11.4. The third-order valence-electron chi connectivity index (χ3n) is 4.18. The summed E-state index contributed by atoms with van der Waals surface area (Å²) in [5.74, 6) is -1.18. The van der Waals surface area contributed by atoms with Gasteiger partial charge in [0.1, 0.15) is 23.8 Å². The third-order valence-corrected chi connectivity index (χ3v) is 4.18. The number of amides is 1. The smallest absolute Gasteiger partial charge is 0.303 e. The molecule has 0 bridgehead atoms. The van der Waals surface area contributed by atoms with Gasteiger partial charge in [0.05, 0.1) is 13.0 Å². The minimum atomic E-state index is -0.993. The molecule has 0 aliphatic carbocycles. The summed E-state index contributed by atoms with van der Waals surface area (Å²) in [4.78, 5) is 24.4. The van der Waals surface area contributed by atoms with E-state index in [1.54, 1.807) is 24.1 Å². The minimum Gasteiger partial charge on any atom is -0.490 e. The van der Waals surface area contributed by atoms with E-state index in [4.69, 9.17) is 14.6 Å². The zero-order valence-corrected chi connectivity index (χ0v) is 13.7. The number of carboxylic acid groups (broad SMARTS) is 1. The van der Waals surface area contributed by atoms with Crippen molar-refractivity contribution in [2.45, 2.75) is 31.3 Å². The van der Waals surface area contributed by atoms with Crippen molar-refractivity contribution in [2.75, 3.05) is 26.8 Å². The fourth-order valence-corrected chi connectivity index (χ4v) is 2.80. The van der Waals surface area contributed by atoms with Crippen LogP contribution in [0.3, 0.4) is 0 Å². The van der Waals surface area contributed by atoms with Gasteiger partial charge >= 0.3 is 5.97 Å². The molecule has 0 radical (unpaired) electrons. The summed E-state index contributed by atoms with van der Waals surface area (Å²) in [5, 5.41) is 8.70. The Morgan fingerprint density at radius 2 is 2.17 bits per heavy atom. The van der Waals surface area contributed by atoms with Crippen LogP contribution in [0.25, 0.3) is 0 Å². The second-order valence-electron chi connectivity index (χ2n) is 5.95. The van der Waals surface area contributed by atoms with E-state index in [2.05, 4.69) is 0 Å². The lowest BCUT2D eigenvalue weighted by Crippen LogP contribution is -2.54. The fraction of sp³-hybridized carbons (Fsp3) is 0.529. The van der Waals surface area contributed by atoms with E-state index in [1.807, 2.05) is 0 Å². The van der Waals surface area contributed by atoms with Gasteiger partial charge in [-0.2, -0.15) is 0 Å². The second kappa shape index (κ2) is 8.10. The van der Waals surface area contributed by atoms with Gasteiger partial charge in [0.15, 0.2) is 0 Å². The molecule has 1 N–H and O–H groups in total. The molecule has 1 aliphatic rings. The Kier molecular flexibility index (Phi) is 6.14. The van der Waals surface area contributed by atoms with Crippen molar-refractivity contribution in [1.82, 2.24) is 4.90 Å². The van der Waals surface area contributed by atoms with E-state index in [0.717, 1.165) is 6.42 Å². The lowest BCUT2D eigenvalue weighted by atomic mass is 9.93. The summed E-state index contributed by atoms with van der Waals surface area (Å²) in [6.45, 7) is 1.09. The van der Waals surface area contributed by atoms with Crippen molar-refractivity contribution in [2.24, 2.45) is 0 Å². The number of aliphatic carboxylic acids is 1. The van der Waals surface area contributed by atoms with Crippen LogP contribution in [-0.4, -0.2) is 54.3 Å². The summed E-state index contributed by atoms with van der Waals surface area (Å²) in [7, 11) is 1.56. The number of hydrogen-bond donors (Lipinski definition) is 1. The molecule has 0 spiro atoms. The molecule has 1 fully saturated rings. The number of ether oxygens (including phenoxy) is 2. The molecule has 1 heterocycles. The predicted octanol–water partition coefficient (Wildman–Crippen LogP) is 2.08. The number of carbonyl (C=O) groups is 2.